The molecular formula is C16H24O2. The summed E-state index contributed by atoms with van der Waals surface area (Å²) in [5.74, 6) is 0.558. The molecule has 1 atom stereocenters. The highest BCUT2D eigenvalue weighted by molar-refractivity contribution is 5.97. The average Bonchev–Trinajstić information content (AvgIpc) is 2.39. The summed E-state index contributed by atoms with van der Waals surface area (Å²) >= 11 is 0. The van der Waals surface area contributed by atoms with E-state index in [-0.39, 0.29) is 17.5 Å². The molecule has 0 aliphatic heterocycles. The van der Waals surface area contributed by atoms with E-state index in [1.54, 1.807) is 24.3 Å². The summed E-state index contributed by atoms with van der Waals surface area (Å²) < 4.78 is 0. The van der Waals surface area contributed by atoms with Gasteiger partial charge in [-0.2, -0.15) is 0 Å². The van der Waals surface area contributed by atoms with Gasteiger partial charge in [-0.3, -0.25) is 4.79 Å². The number of hydrogen-bond donors (Lipinski definition) is 1. The second-order valence-electron chi connectivity index (χ2n) is 4.87. The highest BCUT2D eigenvalue weighted by Crippen LogP contribution is 2.20. The van der Waals surface area contributed by atoms with E-state index in [1.165, 1.54) is 19.3 Å². The van der Waals surface area contributed by atoms with Crippen molar-refractivity contribution in [1.29, 1.82) is 0 Å². The largest absolute Gasteiger partial charge is 0.508 e. The van der Waals surface area contributed by atoms with Gasteiger partial charge >= 0.3 is 0 Å². The van der Waals surface area contributed by atoms with Crippen molar-refractivity contribution in [2.75, 3.05) is 0 Å². The van der Waals surface area contributed by atoms with Crippen LogP contribution in [0, 0.1) is 5.92 Å². The number of hydrogen-bond acceptors (Lipinski definition) is 2. The van der Waals surface area contributed by atoms with Gasteiger partial charge in [0.05, 0.1) is 0 Å². The molecule has 1 rings (SSSR count). The SMILES string of the molecule is CCCCCCC(CC)C(=O)c1ccc(O)cc1. The van der Waals surface area contributed by atoms with Crippen molar-refractivity contribution in [1.82, 2.24) is 0 Å². The van der Waals surface area contributed by atoms with E-state index in [1.807, 2.05) is 0 Å². The Labute approximate surface area is 110 Å². The third-order valence-electron chi connectivity index (χ3n) is 3.42. The summed E-state index contributed by atoms with van der Waals surface area (Å²) in [5.41, 5.74) is 0.718. The van der Waals surface area contributed by atoms with Crippen molar-refractivity contribution in [2.45, 2.75) is 52.4 Å². The van der Waals surface area contributed by atoms with Crippen LogP contribution in [0.3, 0.4) is 0 Å². The average molecular weight is 248 g/mol. The minimum Gasteiger partial charge on any atom is -0.508 e. The summed E-state index contributed by atoms with van der Waals surface area (Å²) in [6.45, 7) is 4.27. The molecule has 1 unspecified atom stereocenters. The van der Waals surface area contributed by atoms with E-state index in [2.05, 4.69) is 13.8 Å². The molecule has 0 saturated carbocycles. The molecule has 0 heterocycles. The number of phenolic OH excluding ortho intramolecular Hbond substituents is 1. The Morgan fingerprint density at radius 3 is 2.33 bits per heavy atom. The predicted octanol–water partition coefficient (Wildman–Crippen LogP) is 4.57. The minimum absolute atomic E-state index is 0.131. The first kappa shape index (κ1) is 14.7. The lowest BCUT2D eigenvalue weighted by molar-refractivity contribution is 0.0908. The van der Waals surface area contributed by atoms with E-state index in [0.717, 1.165) is 24.8 Å². The van der Waals surface area contributed by atoms with E-state index in [4.69, 9.17) is 0 Å². The van der Waals surface area contributed by atoms with Gasteiger partial charge in [-0.25, -0.2) is 0 Å². The van der Waals surface area contributed by atoms with Crippen molar-refractivity contribution >= 4 is 5.78 Å². The van der Waals surface area contributed by atoms with Crippen molar-refractivity contribution in [3.8, 4) is 5.75 Å². The lowest BCUT2D eigenvalue weighted by atomic mass is 9.90. The van der Waals surface area contributed by atoms with Crippen molar-refractivity contribution < 1.29 is 9.90 Å². The van der Waals surface area contributed by atoms with Gasteiger partial charge in [0.2, 0.25) is 0 Å². The van der Waals surface area contributed by atoms with Crippen LogP contribution in [0.5, 0.6) is 5.75 Å². The van der Waals surface area contributed by atoms with Crippen LogP contribution in [0.1, 0.15) is 62.7 Å². The Morgan fingerprint density at radius 2 is 1.78 bits per heavy atom. The predicted molar refractivity (Wildman–Crippen MR) is 75.0 cm³/mol. The highest BCUT2D eigenvalue weighted by atomic mass is 16.3. The first-order valence-electron chi connectivity index (χ1n) is 7.02. The molecular weight excluding hydrogens is 224 g/mol. The van der Waals surface area contributed by atoms with Crippen LogP contribution >= 0.6 is 0 Å². The highest BCUT2D eigenvalue weighted by Gasteiger charge is 2.17. The van der Waals surface area contributed by atoms with E-state index >= 15 is 0 Å². The van der Waals surface area contributed by atoms with Crippen molar-refractivity contribution in [2.24, 2.45) is 5.92 Å². The molecule has 0 spiro atoms. The number of carbonyl (C=O) groups excluding carboxylic acids is 1. The number of carbonyl (C=O) groups is 1. The zero-order chi connectivity index (χ0) is 13.4. The summed E-state index contributed by atoms with van der Waals surface area (Å²) in [5, 5.41) is 9.22. The van der Waals surface area contributed by atoms with Crippen LogP contribution < -0.4 is 0 Å². The van der Waals surface area contributed by atoms with Crippen LogP contribution in [-0.2, 0) is 0 Å². The Balaban J connectivity index is 2.53. The third-order valence-corrected chi connectivity index (χ3v) is 3.42. The van der Waals surface area contributed by atoms with Gasteiger partial charge in [0, 0.05) is 11.5 Å². The molecule has 0 aromatic heterocycles. The first-order chi connectivity index (χ1) is 8.69. The fourth-order valence-corrected chi connectivity index (χ4v) is 2.20. The monoisotopic (exact) mass is 248 g/mol. The molecule has 2 heteroatoms. The molecule has 2 nitrogen and oxygen atoms in total. The number of phenols is 1. The maximum Gasteiger partial charge on any atom is 0.165 e. The first-order valence-corrected chi connectivity index (χ1v) is 7.02. The zero-order valence-corrected chi connectivity index (χ0v) is 11.5. The van der Waals surface area contributed by atoms with E-state index < -0.39 is 0 Å². The molecule has 1 N–H and O–H groups in total. The zero-order valence-electron chi connectivity index (χ0n) is 11.5. The number of benzene rings is 1. The second kappa shape index (κ2) is 7.91. The van der Waals surface area contributed by atoms with Crippen LogP contribution in [0.15, 0.2) is 24.3 Å². The molecule has 0 saturated heterocycles. The van der Waals surface area contributed by atoms with Crippen molar-refractivity contribution in [3.63, 3.8) is 0 Å². The number of aromatic hydroxyl groups is 1. The molecule has 0 aliphatic rings. The summed E-state index contributed by atoms with van der Waals surface area (Å²) in [6.07, 6.45) is 6.71. The molecule has 0 bridgehead atoms. The lowest BCUT2D eigenvalue weighted by Gasteiger charge is -2.13. The van der Waals surface area contributed by atoms with Gasteiger partial charge in [0.25, 0.3) is 0 Å². The molecule has 1 aromatic rings. The van der Waals surface area contributed by atoms with Crippen LogP contribution in [0.2, 0.25) is 0 Å². The number of Topliss-reactive ketones (excluding diaryl/α,β-unsaturated/α-hetero) is 1. The smallest absolute Gasteiger partial charge is 0.165 e. The third kappa shape index (κ3) is 4.52. The second-order valence-corrected chi connectivity index (χ2v) is 4.87. The fraction of sp³-hybridized carbons (Fsp3) is 0.562. The molecule has 100 valence electrons. The summed E-state index contributed by atoms with van der Waals surface area (Å²) in [6, 6.07) is 6.59. The number of ketones is 1. The van der Waals surface area contributed by atoms with E-state index in [9.17, 15) is 9.90 Å². The Morgan fingerprint density at radius 1 is 1.11 bits per heavy atom. The Bertz CT molecular complexity index is 354. The van der Waals surface area contributed by atoms with Gasteiger partial charge < -0.3 is 5.11 Å². The van der Waals surface area contributed by atoms with Crippen LogP contribution in [0.25, 0.3) is 0 Å². The van der Waals surface area contributed by atoms with Crippen LogP contribution in [0.4, 0.5) is 0 Å². The van der Waals surface area contributed by atoms with Gasteiger partial charge in [0.15, 0.2) is 5.78 Å². The quantitative estimate of drug-likeness (QED) is 0.540. The molecule has 0 aliphatic carbocycles. The standard InChI is InChI=1S/C16H24O2/c1-3-5-6-7-8-13(4-2)16(18)14-9-11-15(17)12-10-14/h9-13,17H,3-8H2,1-2H3. The van der Waals surface area contributed by atoms with Gasteiger partial charge in [-0.05, 0) is 37.1 Å². The summed E-state index contributed by atoms with van der Waals surface area (Å²) in [7, 11) is 0. The number of unbranched alkanes of at least 4 members (excludes halogenated alkanes) is 3. The Kier molecular flexibility index (Phi) is 6.48. The van der Waals surface area contributed by atoms with Crippen LogP contribution in [-0.4, -0.2) is 10.9 Å². The maximum atomic E-state index is 12.3. The minimum atomic E-state index is 0.131. The number of rotatable bonds is 8. The molecule has 0 fully saturated rings. The maximum absolute atomic E-state index is 12.3. The summed E-state index contributed by atoms with van der Waals surface area (Å²) in [4.78, 5) is 12.3. The molecule has 1 aromatic carbocycles. The fourth-order valence-electron chi connectivity index (χ4n) is 2.20. The normalized spacial score (nSPS) is 12.3. The van der Waals surface area contributed by atoms with Gasteiger partial charge in [-0.1, -0.05) is 39.5 Å². The molecule has 0 radical (unpaired) electrons. The topological polar surface area (TPSA) is 37.3 Å². The van der Waals surface area contributed by atoms with Gasteiger partial charge in [-0.15, -0.1) is 0 Å². The molecule has 0 amide bonds. The Hall–Kier alpha value is -1.31. The lowest BCUT2D eigenvalue weighted by Crippen LogP contribution is -2.14. The van der Waals surface area contributed by atoms with E-state index in [0.29, 0.717) is 0 Å². The van der Waals surface area contributed by atoms with Crippen molar-refractivity contribution in [3.05, 3.63) is 29.8 Å². The molecule has 18 heavy (non-hydrogen) atoms. The van der Waals surface area contributed by atoms with Gasteiger partial charge in [0.1, 0.15) is 5.75 Å².